The van der Waals surface area contributed by atoms with Gasteiger partial charge in [-0.3, -0.25) is 14.8 Å². The van der Waals surface area contributed by atoms with E-state index >= 15 is 0 Å². The molecule has 9 nitrogen and oxygen atoms in total. The number of fused-ring (bicyclic) bond motifs is 1. The average Bonchev–Trinajstić information content (AvgIpc) is 3.27. The van der Waals surface area contributed by atoms with Gasteiger partial charge in [-0.2, -0.15) is 5.10 Å². The Balaban J connectivity index is 1.58. The van der Waals surface area contributed by atoms with E-state index in [0.29, 0.717) is 33.3 Å². The van der Waals surface area contributed by atoms with E-state index in [0.717, 1.165) is 16.5 Å². The molecule has 35 heavy (non-hydrogen) atoms. The number of nitrogens with one attached hydrogen (secondary N) is 1. The van der Waals surface area contributed by atoms with E-state index in [2.05, 4.69) is 25.4 Å². The number of rotatable bonds is 5. The van der Waals surface area contributed by atoms with Crippen LogP contribution in [0.15, 0.2) is 61.2 Å². The summed E-state index contributed by atoms with van der Waals surface area (Å²) in [5.74, 6) is 0.313. The molecule has 1 aromatic carbocycles. The first-order chi connectivity index (χ1) is 16.9. The molecule has 4 heterocycles. The van der Waals surface area contributed by atoms with Crippen molar-refractivity contribution in [3.05, 3.63) is 83.0 Å². The first kappa shape index (κ1) is 22.4. The highest BCUT2D eigenvalue weighted by atomic mass is 35.5. The molecule has 0 bridgehead atoms. The molecule has 174 valence electrons. The van der Waals surface area contributed by atoms with E-state index in [9.17, 15) is 4.79 Å². The van der Waals surface area contributed by atoms with Gasteiger partial charge in [0.05, 0.1) is 23.2 Å². The first-order valence-corrected chi connectivity index (χ1v) is 11.2. The number of nitrogens with two attached hydrogens (primary N) is 1. The molecular weight excluding hydrogens is 464 g/mol. The molecule has 0 aliphatic rings. The molecule has 0 saturated heterocycles. The van der Waals surface area contributed by atoms with Gasteiger partial charge in [0, 0.05) is 35.2 Å². The number of pyridine rings is 2. The number of carbonyl (C=O) groups excluding carboxylic acids is 1. The highest BCUT2D eigenvalue weighted by Crippen LogP contribution is 2.33. The predicted octanol–water partition coefficient (Wildman–Crippen LogP) is 4.31. The third kappa shape index (κ3) is 4.67. The summed E-state index contributed by atoms with van der Waals surface area (Å²) in [6.07, 6.45) is 7.01. The van der Waals surface area contributed by atoms with Crippen LogP contribution >= 0.6 is 11.6 Å². The predicted molar refractivity (Wildman–Crippen MR) is 135 cm³/mol. The van der Waals surface area contributed by atoms with Crippen molar-refractivity contribution in [2.75, 3.05) is 11.1 Å². The Labute approximate surface area is 206 Å². The summed E-state index contributed by atoms with van der Waals surface area (Å²) >= 11 is 6.54. The fraction of sp³-hybridized carbons (Fsp3) is 0.120. The maximum Gasteiger partial charge on any atom is 0.231 e. The smallest absolute Gasteiger partial charge is 0.231 e. The molecule has 0 aliphatic carbocycles. The largest absolute Gasteiger partial charge is 0.381 e. The quantitative estimate of drug-likeness (QED) is 0.381. The number of halogens is 1. The van der Waals surface area contributed by atoms with Crippen molar-refractivity contribution in [3.8, 4) is 17.1 Å². The Bertz CT molecular complexity index is 1560. The van der Waals surface area contributed by atoms with Gasteiger partial charge < -0.3 is 11.1 Å². The van der Waals surface area contributed by atoms with Crippen LogP contribution in [0.2, 0.25) is 5.02 Å². The van der Waals surface area contributed by atoms with Crippen LogP contribution in [0.5, 0.6) is 0 Å². The number of benzene rings is 1. The number of aromatic nitrogens is 6. The van der Waals surface area contributed by atoms with Crippen molar-refractivity contribution >= 4 is 40.0 Å². The number of hydrogen-bond donors (Lipinski definition) is 2. The maximum absolute atomic E-state index is 12.7. The van der Waals surface area contributed by atoms with Gasteiger partial charge in [0.15, 0.2) is 17.5 Å². The average molecular weight is 485 g/mol. The van der Waals surface area contributed by atoms with E-state index in [1.807, 2.05) is 50.4 Å². The minimum Gasteiger partial charge on any atom is -0.381 e. The Kier molecular flexibility index (Phi) is 5.84. The van der Waals surface area contributed by atoms with Gasteiger partial charge in [0.25, 0.3) is 0 Å². The summed E-state index contributed by atoms with van der Waals surface area (Å²) in [6.45, 7) is 3.86. The number of nitrogen functional groups attached to an aromatic ring is 1. The van der Waals surface area contributed by atoms with E-state index in [1.165, 1.54) is 0 Å². The van der Waals surface area contributed by atoms with Crippen molar-refractivity contribution in [1.29, 1.82) is 0 Å². The van der Waals surface area contributed by atoms with Gasteiger partial charge in [0.2, 0.25) is 5.91 Å². The van der Waals surface area contributed by atoms with Crippen LogP contribution in [0.1, 0.15) is 16.8 Å². The van der Waals surface area contributed by atoms with Crippen LogP contribution < -0.4 is 11.1 Å². The zero-order valence-corrected chi connectivity index (χ0v) is 19.8. The summed E-state index contributed by atoms with van der Waals surface area (Å²) in [5.41, 5.74) is 10.6. The molecule has 5 rings (SSSR count). The number of carbonyl (C=O) groups is 1. The number of aryl methyl sites for hydroxylation is 2. The summed E-state index contributed by atoms with van der Waals surface area (Å²) in [5, 5.41) is 8.44. The fourth-order valence-electron chi connectivity index (χ4n) is 3.64. The monoisotopic (exact) mass is 484 g/mol. The second-order valence-electron chi connectivity index (χ2n) is 8.18. The Hall–Kier alpha value is -4.37. The minimum atomic E-state index is -0.309. The number of hydrogen-bond acceptors (Lipinski definition) is 7. The third-order valence-electron chi connectivity index (χ3n) is 5.34. The molecule has 5 aromatic rings. The molecule has 3 N–H and O–H groups in total. The van der Waals surface area contributed by atoms with Crippen molar-refractivity contribution in [2.45, 2.75) is 20.3 Å². The van der Waals surface area contributed by atoms with Crippen LogP contribution in [-0.2, 0) is 11.2 Å². The molecular formula is C25H21ClN8O. The van der Waals surface area contributed by atoms with E-state index in [4.69, 9.17) is 22.3 Å². The molecule has 1 amide bonds. The van der Waals surface area contributed by atoms with Crippen LogP contribution in [0.3, 0.4) is 0 Å². The summed E-state index contributed by atoms with van der Waals surface area (Å²) in [7, 11) is 0. The van der Waals surface area contributed by atoms with Gasteiger partial charge in [-0.15, -0.1) is 0 Å². The van der Waals surface area contributed by atoms with E-state index in [-0.39, 0.29) is 24.0 Å². The molecule has 0 spiro atoms. The van der Waals surface area contributed by atoms with Gasteiger partial charge in [-0.05, 0) is 49.2 Å². The zero-order chi connectivity index (χ0) is 24.5. The maximum atomic E-state index is 12.7. The molecule has 0 saturated carbocycles. The molecule has 0 radical (unpaired) electrons. The minimum absolute atomic E-state index is 0.0654. The van der Waals surface area contributed by atoms with Crippen molar-refractivity contribution in [2.24, 2.45) is 0 Å². The standard InChI is InChI=1S/C25H21ClN8O/c1-14-5-6-18(29-11-14)10-20(35)31-24-23(27)33-25(34-13-15(2)12-30-34)22(32-24)17-8-16-4-3-7-28-21(16)19(26)9-17/h3-9,11-13H,10H2,1-2H3,(H2,27,33)(H,31,32,35). The molecule has 4 aromatic heterocycles. The fourth-order valence-corrected chi connectivity index (χ4v) is 3.92. The van der Waals surface area contributed by atoms with Crippen molar-refractivity contribution in [3.63, 3.8) is 0 Å². The topological polar surface area (TPSA) is 124 Å². The molecule has 0 atom stereocenters. The Morgan fingerprint density at radius 2 is 1.94 bits per heavy atom. The second kappa shape index (κ2) is 9.11. The number of anilines is 2. The van der Waals surface area contributed by atoms with Gasteiger partial charge in [0.1, 0.15) is 5.69 Å². The van der Waals surface area contributed by atoms with Crippen LogP contribution in [-0.4, -0.2) is 35.6 Å². The van der Waals surface area contributed by atoms with Crippen molar-refractivity contribution < 1.29 is 4.79 Å². The third-order valence-corrected chi connectivity index (χ3v) is 5.63. The highest BCUT2D eigenvalue weighted by molar-refractivity contribution is 6.35. The Morgan fingerprint density at radius 1 is 1.09 bits per heavy atom. The van der Waals surface area contributed by atoms with Crippen molar-refractivity contribution in [1.82, 2.24) is 29.7 Å². The van der Waals surface area contributed by atoms with Gasteiger partial charge in [-0.25, -0.2) is 14.6 Å². The SMILES string of the molecule is Cc1ccc(CC(=O)Nc2nc(-c3cc(Cl)c4ncccc4c3)c(-n3cc(C)cn3)nc2N)nc1. The lowest BCUT2D eigenvalue weighted by Gasteiger charge is -2.14. The van der Waals surface area contributed by atoms with Gasteiger partial charge >= 0.3 is 0 Å². The number of amides is 1. The lowest BCUT2D eigenvalue weighted by molar-refractivity contribution is -0.115. The second-order valence-corrected chi connectivity index (χ2v) is 8.58. The van der Waals surface area contributed by atoms with Crippen LogP contribution in [0.25, 0.3) is 28.0 Å². The first-order valence-electron chi connectivity index (χ1n) is 10.8. The molecule has 0 aliphatic heterocycles. The summed E-state index contributed by atoms with van der Waals surface area (Å²) in [4.78, 5) is 30.6. The van der Waals surface area contributed by atoms with E-state index in [1.54, 1.807) is 29.3 Å². The van der Waals surface area contributed by atoms with Crippen LogP contribution in [0, 0.1) is 13.8 Å². The number of nitrogens with zero attached hydrogens (tertiary/aromatic N) is 6. The molecule has 10 heteroatoms. The zero-order valence-electron chi connectivity index (χ0n) is 19.0. The lowest BCUT2D eigenvalue weighted by Crippen LogP contribution is -2.19. The van der Waals surface area contributed by atoms with E-state index < -0.39 is 0 Å². The summed E-state index contributed by atoms with van der Waals surface area (Å²) < 4.78 is 1.59. The normalized spacial score (nSPS) is 11.1. The van der Waals surface area contributed by atoms with Gasteiger partial charge in [-0.1, -0.05) is 23.7 Å². The van der Waals surface area contributed by atoms with Crippen LogP contribution in [0.4, 0.5) is 11.6 Å². The lowest BCUT2D eigenvalue weighted by atomic mass is 10.1. The molecule has 0 unspecified atom stereocenters. The highest BCUT2D eigenvalue weighted by Gasteiger charge is 2.19. The molecule has 0 fully saturated rings. The Morgan fingerprint density at radius 3 is 2.69 bits per heavy atom. The summed E-state index contributed by atoms with van der Waals surface area (Å²) in [6, 6.07) is 11.1.